The number of aliphatic hydroxyl groups is 7. The van der Waals surface area contributed by atoms with Crippen molar-refractivity contribution in [3.8, 4) is 0 Å². The van der Waals surface area contributed by atoms with Gasteiger partial charge in [0.1, 0.15) is 55.4 Å². The first kappa shape index (κ1) is 57.6. The molecule has 0 aromatic heterocycles. The lowest BCUT2D eigenvalue weighted by Crippen LogP contribution is -2.61. The number of carbonyl (C=O) groups excluding carboxylic acids is 2. The summed E-state index contributed by atoms with van der Waals surface area (Å²) in [4.78, 5) is 25.7. The largest absolute Gasteiger partial charge is 0.462 e. The molecule has 2 aliphatic heterocycles. The lowest BCUT2D eigenvalue weighted by molar-refractivity contribution is -0.332. The first-order valence-electron chi connectivity index (χ1n) is 25.1. The Labute approximate surface area is 378 Å². The molecule has 2 fully saturated rings. The molecule has 0 aromatic rings. The van der Waals surface area contributed by atoms with Gasteiger partial charge in [-0.15, -0.1) is 0 Å². The second-order valence-corrected chi connectivity index (χ2v) is 18.0. The van der Waals surface area contributed by atoms with E-state index < -0.39 is 92.7 Å². The summed E-state index contributed by atoms with van der Waals surface area (Å²) in [7, 11) is 0. The van der Waals surface area contributed by atoms with E-state index in [9.17, 15) is 45.3 Å². The van der Waals surface area contributed by atoms with Crippen LogP contribution >= 0.6 is 0 Å². The summed E-state index contributed by atoms with van der Waals surface area (Å²) in [6, 6.07) is 0. The highest BCUT2D eigenvalue weighted by molar-refractivity contribution is 5.70. The quantitative estimate of drug-likeness (QED) is 0.0260. The van der Waals surface area contributed by atoms with Crippen LogP contribution in [0.5, 0.6) is 0 Å². The highest BCUT2D eigenvalue weighted by Crippen LogP contribution is 2.26. The van der Waals surface area contributed by atoms with E-state index in [0.29, 0.717) is 12.8 Å². The van der Waals surface area contributed by atoms with Crippen LogP contribution in [0, 0.1) is 0 Å². The van der Waals surface area contributed by atoms with Gasteiger partial charge in [-0.25, -0.2) is 0 Å². The fourth-order valence-corrected chi connectivity index (χ4v) is 8.16. The molecule has 7 N–H and O–H groups in total. The van der Waals surface area contributed by atoms with Crippen LogP contribution in [-0.4, -0.2) is 142 Å². The van der Waals surface area contributed by atoms with Crippen LogP contribution in [0.3, 0.4) is 0 Å². The van der Waals surface area contributed by atoms with E-state index in [-0.39, 0.29) is 26.1 Å². The molecule has 2 heterocycles. The number of unbranched alkanes of at least 4 members (excludes halogenated alkanes) is 25. The van der Waals surface area contributed by atoms with Gasteiger partial charge < -0.3 is 64.2 Å². The summed E-state index contributed by atoms with van der Waals surface area (Å²) in [5, 5.41) is 71.9. The summed E-state index contributed by atoms with van der Waals surface area (Å²) in [6.07, 6.45) is 15.7. The van der Waals surface area contributed by atoms with E-state index in [1.165, 1.54) is 122 Å². The van der Waals surface area contributed by atoms with Gasteiger partial charge in [0, 0.05) is 12.8 Å². The Hall–Kier alpha value is -1.50. The molecular weight excluding hydrogens is 817 g/mol. The van der Waals surface area contributed by atoms with Crippen LogP contribution in [0.15, 0.2) is 0 Å². The first-order valence-corrected chi connectivity index (χ1v) is 25.1. The van der Waals surface area contributed by atoms with Crippen molar-refractivity contribution in [1.82, 2.24) is 0 Å². The summed E-state index contributed by atoms with van der Waals surface area (Å²) in [5.74, 6) is -0.914. The van der Waals surface area contributed by atoms with Gasteiger partial charge in [-0.05, 0) is 12.8 Å². The van der Waals surface area contributed by atoms with E-state index in [4.69, 9.17) is 28.4 Å². The van der Waals surface area contributed by atoms with Gasteiger partial charge in [0.05, 0.1) is 19.8 Å². The summed E-state index contributed by atoms with van der Waals surface area (Å²) in [6.45, 7) is 2.59. The van der Waals surface area contributed by atoms with Gasteiger partial charge in [0.25, 0.3) is 0 Å². The molecule has 0 saturated carbocycles. The van der Waals surface area contributed by atoms with E-state index in [0.717, 1.165) is 38.5 Å². The number of hydrogen-bond acceptors (Lipinski definition) is 15. The Morgan fingerprint density at radius 2 is 0.810 bits per heavy atom. The number of hydrogen-bond donors (Lipinski definition) is 7. The molecular formula is C48H90O15. The van der Waals surface area contributed by atoms with Gasteiger partial charge in [0.2, 0.25) is 0 Å². The molecule has 0 aromatic carbocycles. The zero-order valence-electron chi connectivity index (χ0n) is 39.1. The van der Waals surface area contributed by atoms with E-state index in [1.807, 2.05) is 0 Å². The Bertz CT molecular complexity index is 1110. The van der Waals surface area contributed by atoms with Crippen molar-refractivity contribution in [1.29, 1.82) is 0 Å². The van der Waals surface area contributed by atoms with Crippen LogP contribution in [0.4, 0.5) is 0 Å². The predicted molar refractivity (Wildman–Crippen MR) is 238 cm³/mol. The van der Waals surface area contributed by atoms with E-state index in [2.05, 4.69) is 13.8 Å². The average Bonchev–Trinajstić information content (AvgIpc) is 3.28. The molecule has 2 saturated heterocycles. The van der Waals surface area contributed by atoms with Crippen LogP contribution in [0.2, 0.25) is 0 Å². The molecule has 11 atom stereocenters. The summed E-state index contributed by atoms with van der Waals surface area (Å²) < 4.78 is 33.5. The predicted octanol–water partition coefficient (Wildman–Crippen LogP) is 6.43. The van der Waals surface area contributed by atoms with Crippen molar-refractivity contribution in [2.24, 2.45) is 0 Å². The molecule has 0 amide bonds. The maximum Gasteiger partial charge on any atom is 0.306 e. The third kappa shape index (κ3) is 25.3. The fraction of sp³-hybridized carbons (Fsp3) is 0.958. The number of carbonyl (C=O) groups is 2. The molecule has 0 aliphatic carbocycles. The Kier molecular flexibility index (Phi) is 33.5. The minimum absolute atomic E-state index is 0.172. The highest BCUT2D eigenvalue weighted by Gasteiger charge is 2.47. The second-order valence-electron chi connectivity index (χ2n) is 18.0. The van der Waals surface area contributed by atoms with Crippen molar-refractivity contribution >= 4 is 11.9 Å². The minimum atomic E-state index is -1.76. The van der Waals surface area contributed by atoms with Crippen molar-refractivity contribution < 1.29 is 73.8 Å². The maximum atomic E-state index is 12.9. The van der Waals surface area contributed by atoms with Crippen molar-refractivity contribution in [3.05, 3.63) is 0 Å². The molecule has 15 nitrogen and oxygen atoms in total. The fourth-order valence-electron chi connectivity index (χ4n) is 8.16. The van der Waals surface area contributed by atoms with Crippen LogP contribution in [-0.2, 0) is 38.0 Å². The molecule has 0 bridgehead atoms. The summed E-state index contributed by atoms with van der Waals surface area (Å²) >= 11 is 0. The third-order valence-electron chi connectivity index (χ3n) is 12.3. The normalized spacial score (nSPS) is 26.7. The zero-order chi connectivity index (χ0) is 46.1. The second kappa shape index (κ2) is 36.6. The third-order valence-corrected chi connectivity index (χ3v) is 12.3. The molecule has 372 valence electrons. The molecule has 15 heteroatoms. The van der Waals surface area contributed by atoms with E-state index in [1.54, 1.807) is 0 Å². The van der Waals surface area contributed by atoms with Crippen LogP contribution in [0.25, 0.3) is 0 Å². The molecule has 2 rings (SSSR count). The van der Waals surface area contributed by atoms with Crippen molar-refractivity contribution in [2.45, 2.75) is 268 Å². The molecule has 0 spiro atoms. The van der Waals surface area contributed by atoms with Crippen LogP contribution in [0.1, 0.15) is 200 Å². The van der Waals surface area contributed by atoms with E-state index >= 15 is 0 Å². The lowest BCUT2D eigenvalue weighted by atomic mass is 9.98. The topological polar surface area (TPSA) is 231 Å². The Morgan fingerprint density at radius 3 is 1.24 bits per heavy atom. The monoisotopic (exact) mass is 907 g/mol. The molecule has 63 heavy (non-hydrogen) atoms. The minimum Gasteiger partial charge on any atom is -0.462 e. The molecule has 2 aliphatic rings. The molecule has 4 unspecified atom stereocenters. The number of rotatable bonds is 39. The van der Waals surface area contributed by atoms with Crippen molar-refractivity contribution in [3.63, 3.8) is 0 Å². The number of ether oxygens (including phenoxy) is 6. The molecule has 0 radical (unpaired) electrons. The SMILES string of the molecule is CCCCCCCCCCCCCCCCCCCC(=O)OC[C@H](CO[C@H]1O[C@@H](CO[C@H]2O[C@@H](CO)[C@@H](O)C(O)C2O)[C@@H](O)C(O)C1O)OC(=O)CCCCCCCCCCCC. The van der Waals surface area contributed by atoms with Gasteiger partial charge in [0.15, 0.2) is 18.7 Å². The van der Waals surface area contributed by atoms with Crippen LogP contribution < -0.4 is 0 Å². The van der Waals surface area contributed by atoms with Gasteiger partial charge in [-0.2, -0.15) is 0 Å². The zero-order valence-corrected chi connectivity index (χ0v) is 39.1. The average molecular weight is 907 g/mol. The van der Waals surface area contributed by atoms with Gasteiger partial charge >= 0.3 is 11.9 Å². The van der Waals surface area contributed by atoms with Crippen molar-refractivity contribution in [2.75, 3.05) is 26.4 Å². The highest BCUT2D eigenvalue weighted by atomic mass is 16.7. The standard InChI is InChI=1S/C48H90O15/c1-3-5-7-9-11-13-15-16-17-18-19-20-21-23-24-26-28-30-39(50)58-33-36(61-40(51)31-29-27-25-22-14-12-10-8-6-4-2)34-59-47-46(57)44(55)42(53)38(63-47)35-60-48-45(56)43(54)41(52)37(32-49)62-48/h36-38,41-49,52-57H,3-35H2,1-2H3/t36-,37+,38+,41-,42-,43?,44?,45?,46?,47+,48+/m1/s1. The van der Waals surface area contributed by atoms with Gasteiger partial charge in [-0.3, -0.25) is 9.59 Å². The maximum absolute atomic E-state index is 12.9. The summed E-state index contributed by atoms with van der Waals surface area (Å²) in [5.41, 5.74) is 0. The Morgan fingerprint density at radius 1 is 0.444 bits per heavy atom. The number of aliphatic hydroxyl groups excluding tert-OH is 7. The lowest BCUT2D eigenvalue weighted by Gasteiger charge is -2.42. The van der Waals surface area contributed by atoms with Gasteiger partial charge in [-0.1, -0.05) is 174 Å². The number of esters is 2. The Balaban J connectivity index is 1.79. The first-order chi connectivity index (χ1) is 30.5. The smallest absolute Gasteiger partial charge is 0.306 e.